The molecule has 3 heteroatoms. The molecule has 2 rings (SSSR count). The zero-order valence-corrected chi connectivity index (χ0v) is 8.38. The van der Waals surface area contributed by atoms with Crippen LogP contribution in [0, 0.1) is 0 Å². The van der Waals surface area contributed by atoms with Gasteiger partial charge in [0.15, 0.2) is 0 Å². The highest BCUT2D eigenvalue weighted by Gasteiger charge is 2.06. The van der Waals surface area contributed by atoms with E-state index in [0.717, 1.165) is 5.69 Å². The molecule has 0 aliphatic heterocycles. The predicted molar refractivity (Wildman–Crippen MR) is 55.4 cm³/mol. The average Bonchev–Trinajstić information content (AvgIpc) is 2.70. The van der Waals surface area contributed by atoms with Crippen molar-refractivity contribution >= 4 is 0 Å². The van der Waals surface area contributed by atoms with Gasteiger partial charge in [0, 0.05) is 0 Å². The van der Waals surface area contributed by atoms with Gasteiger partial charge in [-0.15, -0.1) is 10.2 Å². The van der Waals surface area contributed by atoms with Crippen LogP contribution in [0.3, 0.4) is 0 Å². The molecule has 1 aromatic carbocycles. The third-order valence-corrected chi connectivity index (χ3v) is 2.26. The van der Waals surface area contributed by atoms with E-state index in [1.807, 2.05) is 10.6 Å². The lowest BCUT2D eigenvalue weighted by Gasteiger charge is -2.11. The normalized spacial score (nSPS) is 10.8. The molecule has 14 heavy (non-hydrogen) atoms. The number of para-hydroxylation sites is 1. The van der Waals surface area contributed by atoms with Gasteiger partial charge in [-0.3, -0.25) is 4.57 Å². The van der Waals surface area contributed by atoms with Crippen molar-refractivity contribution in [3.05, 3.63) is 42.5 Å². The zero-order chi connectivity index (χ0) is 9.97. The Morgan fingerprint density at radius 2 is 1.71 bits per heavy atom. The summed E-state index contributed by atoms with van der Waals surface area (Å²) in [5.41, 5.74) is 2.47. The van der Waals surface area contributed by atoms with Crippen LogP contribution in [-0.2, 0) is 0 Å². The molecule has 0 spiro atoms. The Hall–Kier alpha value is -1.64. The highest BCUT2D eigenvalue weighted by molar-refractivity contribution is 5.42. The van der Waals surface area contributed by atoms with Gasteiger partial charge in [-0.1, -0.05) is 32.0 Å². The lowest BCUT2D eigenvalue weighted by atomic mass is 10.0. The van der Waals surface area contributed by atoms with E-state index in [9.17, 15) is 0 Å². The molecule has 0 aliphatic rings. The van der Waals surface area contributed by atoms with E-state index < -0.39 is 0 Å². The van der Waals surface area contributed by atoms with Crippen LogP contribution >= 0.6 is 0 Å². The maximum atomic E-state index is 3.81. The summed E-state index contributed by atoms with van der Waals surface area (Å²) in [7, 11) is 0. The fourth-order valence-corrected chi connectivity index (χ4v) is 1.54. The molecule has 0 unspecified atom stereocenters. The van der Waals surface area contributed by atoms with Gasteiger partial charge in [-0.05, 0) is 17.5 Å². The highest BCUT2D eigenvalue weighted by Crippen LogP contribution is 2.21. The van der Waals surface area contributed by atoms with Crippen LogP contribution in [0.15, 0.2) is 36.9 Å². The van der Waals surface area contributed by atoms with Crippen molar-refractivity contribution in [2.75, 3.05) is 0 Å². The third-order valence-electron chi connectivity index (χ3n) is 2.26. The van der Waals surface area contributed by atoms with Crippen LogP contribution < -0.4 is 0 Å². The molecule has 72 valence electrons. The fourth-order valence-electron chi connectivity index (χ4n) is 1.54. The first-order valence-corrected chi connectivity index (χ1v) is 4.73. The number of aromatic nitrogens is 3. The zero-order valence-electron chi connectivity index (χ0n) is 8.38. The van der Waals surface area contributed by atoms with Gasteiger partial charge < -0.3 is 0 Å². The third kappa shape index (κ3) is 1.53. The van der Waals surface area contributed by atoms with Crippen molar-refractivity contribution in [1.82, 2.24) is 14.8 Å². The van der Waals surface area contributed by atoms with Gasteiger partial charge in [0.1, 0.15) is 12.7 Å². The molecule has 0 aliphatic carbocycles. The predicted octanol–water partition coefficient (Wildman–Crippen LogP) is 2.39. The molecule has 3 nitrogen and oxygen atoms in total. The molecule has 0 N–H and O–H groups in total. The maximum Gasteiger partial charge on any atom is 0.123 e. The Kier molecular flexibility index (Phi) is 2.31. The molecule has 0 radical (unpaired) electrons. The van der Waals surface area contributed by atoms with Crippen molar-refractivity contribution in [3.63, 3.8) is 0 Å². The molecule has 1 heterocycles. The monoisotopic (exact) mass is 187 g/mol. The Morgan fingerprint density at radius 3 is 2.36 bits per heavy atom. The second kappa shape index (κ2) is 3.62. The first-order valence-electron chi connectivity index (χ1n) is 4.73. The Balaban J connectivity index is 2.53. The molecule has 0 bridgehead atoms. The summed E-state index contributed by atoms with van der Waals surface area (Å²) >= 11 is 0. The second-order valence-electron chi connectivity index (χ2n) is 3.58. The number of hydrogen-bond acceptors (Lipinski definition) is 2. The Labute approximate surface area is 83.4 Å². The van der Waals surface area contributed by atoms with Crippen LogP contribution in [0.5, 0.6) is 0 Å². The number of nitrogens with zero attached hydrogens (tertiary/aromatic N) is 3. The summed E-state index contributed by atoms with van der Waals surface area (Å²) in [5, 5.41) is 7.62. The molecular formula is C11H13N3. The van der Waals surface area contributed by atoms with E-state index in [4.69, 9.17) is 0 Å². The van der Waals surface area contributed by atoms with E-state index in [2.05, 4.69) is 42.2 Å². The molecule has 0 saturated heterocycles. The van der Waals surface area contributed by atoms with E-state index in [0.29, 0.717) is 5.92 Å². The molecule has 0 fully saturated rings. The summed E-state index contributed by atoms with van der Waals surface area (Å²) in [4.78, 5) is 0. The molecular weight excluding hydrogens is 174 g/mol. The number of rotatable bonds is 2. The van der Waals surface area contributed by atoms with Crippen molar-refractivity contribution in [2.24, 2.45) is 0 Å². The fraction of sp³-hybridized carbons (Fsp3) is 0.273. The van der Waals surface area contributed by atoms with E-state index >= 15 is 0 Å². The summed E-state index contributed by atoms with van der Waals surface area (Å²) < 4.78 is 1.94. The van der Waals surface area contributed by atoms with Gasteiger partial charge in [0.25, 0.3) is 0 Å². The van der Waals surface area contributed by atoms with Crippen molar-refractivity contribution in [3.8, 4) is 5.69 Å². The minimum Gasteiger partial charge on any atom is -0.288 e. The van der Waals surface area contributed by atoms with Crippen LogP contribution in [0.2, 0.25) is 0 Å². The van der Waals surface area contributed by atoms with Gasteiger partial charge >= 0.3 is 0 Å². The van der Waals surface area contributed by atoms with E-state index in [1.54, 1.807) is 12.7 Å². The van der Waals surface area contributed by atoms with Gasteiger partial charge in [0.2, 0.25) is 0 Å². The molecule has 0 amide bonds. The van der Waals surface area contributed by atoms with E-state index in [1.165, 1.54) is 5.56 Å². The van der Waals surface area contributed by atoms with Crippen LogP contribution in [-0.4, -0.2) is 14.8 Å². The summed E-state index contributed by atoms with van der Waals surface area (Å²) in [6.07, 6.45) is 3.45. The lowest BCUT2D eigenvalue weighted by molar-refractivity contribution is 0.845. The summed E-state index contributed by atoms with van der Waals surface area (Å²) in [5.74, 6) is 0.508. The smallest absolute Gasteiger partial charge is 0.123 e. The quantitative estimate of drug-likeness (QED) is 0.722. The minimum absolute atomic E-state index is 0.508. The molecule has 2 aromatic rings. The van der Waals surface area contributed by atoms with Crippen LogP contribution in [0.1, 0.15) is 25.3 Å². The molecule has 1 aromatic heterocycles. The van der Waals surface area contributed by atoms with E-state index in [-0.39, 0.29) is 0 Å². The first kappa shape index (κ1) is 8.94. The largest absolute Gasteiger partial charge is 0.288 e. The molecule has 0 saturated carbocycles. The Bertz CT molecular complexity index is 404. The van der Waals surface area contributed by atoms with Gasteiger partial charge in [-0.2, -0.15) is 0 Å². The lowest BCUT2D eigenvalue weighted by Crippen LogP contribution is -1.98. The minimum atomic E-state index is 0.508. The second-order valence-corrected chi connectivity index (χ2v) is 3.58. The standard InChI is InChI=1S/C11H13N3/c1-9(2)10-5-3-4-6-11(10)14-7-12-13-8-14/h3-9H,1-2H3. The number of benzene rings is 1. The maximum absolute atomic E-state index is 3.81. The Morgan fingerprint density at radius 1 is 1.07 bits per heavy atom. The number of hydrogen-bond donors (Lipinski definition) is 0. The van der Waals surface area contributed by atoms with Gasteiger partial charge in [0.05, 0.1) is 5.69 Å². The SMILES string of the molecule is CC(C)c1ccccc1-n1cnnc1. The molecule has 0 atom stereocenters. The summed E-state index contributed by atoms with van der Waals surface area (Å²) in [6, 6.07) is 8.31. The average molecular weight is 187 g/mol. The van der Waals surface area contributed by atoms with Crippen molar-refractivity contribution in [1.29, 1.82) is 0 Å². The van der Waals surface area contributed by atoms with Crippen molar-refractivity contribution in [2.45, 2.75) is 19.8 Å². The highest BCUT2D eigenvalue weighted by atomic mass is 15.2. The first-order chi connectivity index (χ1) is 6.79. The van der Waals surface area contributed by atoms with Crippen LogP contribution in [0.4, 0.5) is 0 Å². The summed E-state index contributed by atoms with van der Waals surface area (Å²) in [6.45, 7) is 4.37. The topological polar surface area (TPSA) is 30.7 Å². The van der Waals surface area contributed by atoms with Gasteiger partial charge in [-0.25, -0.2) is 0 Å². The van der Waals surface area contributed by atoms with Crippen LogP contribution in [0.25, 0.3) is 5.69 Å². The van der Waals surface area contributed by atoms with Crippen molar-refractivity contribution < 1.29 is 0 Å².